The molecule has 2 fully saturated rings. The number of aryl methyl sites for hydroxylation is 1. The molecule has 2 amide bonds. The Bertz CT molecular complexity index is 1020. The highest BCUT2D eigenvalue weighted by Crippen LogP contribution is 2.29. The van der Waals surface area contributed by atoms with E-state index in [1.54, 1.807) is 30.2 Å². The van der Waals surface area contributed by atoms with Gasteiger partial charge in [-0.15, -0.1) is 11.3 Å². The number of likely N-dealkylation sites (tertiary alicyclic amines) is 1. The van der Waals surface area contributed by atoms with Crippen LogP contribution in [-0.4, -0.2) is 79.7 Å². The Morgan fingerprint density at radius 1 is 1.28 bits per heavy atom. The zero-order valence-corrected chi connectivity index (χ0v) is 22.1. The molecule has 2 aromatic rings. The Labute approximate surface area is 217 Å². The fourth-order valence-corrected chi connectivity index (χ4v) is 6.08. The number of hydrogen-bond donors (Lipinski definition) is 2. The van der Waals surface area contributed by atoms with Gasteiger partial charge >= 0.3 is 0 Å². The topological polar surface area (TPSA) is 97.1 Å². The summed E-state index contributed by atoms with van der Waals surface area (Å²) in [6.07, 6.45) is 3.74. The maximum atomic E-state index is 13.5. The van der Waals surface area contributed by atoms with Crippen LogP contribution in [0.25, 0.3) is 0 Å². The van der Waals surface area contributed by atoms with Gasteiger partial charge < -0.3 is 25.4 Å². The SMILES string of the molecule is COc1cccc(C(=O)N2CCC(N(Cc3ccc(C)s3)CC3CCCO3)C[C@@H]2C(=O)NCCN)c1. The minimum Gasteiger partial charge on any atom is -0.497 e. The number of benzene rings is 1. The summed E-state index contributed by atoms with van der Waals surface area (Å²) in [6, 6.07) is 11.1. The van der Waals surface area contributed by atoms with Crippen molar-refractivity contribution in [2.75, 3.05) is 39.9 Å². The maximum absolute atomic E-state index is 13.5. The molecule has 1 aromatic heterocycles. The van der Waals surface area contributed by atoms with Crippen LogP contribution in [0, 0.1) is 6.92 Å². The third kappa shape index (κ3) is 6.64. The van der Waals surface area contributed by atoms with Crippen LogP contribution < -0.4 is 15.8 Å². The number of methoxy groups -OCH3 is 1. The number of nitrogens with zero attached hydrogens (tertiary/aromatic N) is 2. The number of nitrogens with two attached hydrogens (primary N) is 1. The molecule has 0 spiro atoms. The number of piperidine rings is 1. The van der Waals surface area contributed by atoms with Crippen molar-refractivity contribution < 1.29 is 19.1 Å². The molecule has 3 atom stereocenters. The molecule has 0 bridgehead atoms. The molecule has 0 aliphatic carbocycles. The monoisotopic (exact) mass is 514 g/mol. The molecular formula is C27H38N4O4S. The second-order valence-electron chi connectivity index (χ2n) is 9.58. The zero-order chi connectivity index (χ0) is 25.5. The Hall–Kier alpha value is -2.46. The lowest BCUT2D eigenvalue weighted by molar-refractivity contribution is -0.127. The summed E-state index contributed by atoms with van der Waals surface area (Å²) < 4.78 is 11.3. The van der Waals surface area contributed by atoms with Crippen LogP contribution in [0.15, 0.2) is 36.4 Å². The summed E-state index contributed by atoms with van der Waals surface area (Å²) in [6.45, 7) is 5.84. The molecule has 2 saturated heterocycles. The van der Waals surface area contributed by atoms with Gasteiger partial charge in [-0.1, -0.05) is 6.07 Å². The van der Waals surface area contributed by atoms with Crippen LogP contribution in [-0.2, 0) is 16.1 Å². The first-order valence-corrected chi connectivity index (χ1v) is 13.6. The van der Waals surface area contributed by atoms with Crippen molar-refractivity contribution >= 4 is 23.2 Å². The highest BCUT2D eigenvalue weighted by molar-refractivity contribution is 7.11. The van der Waals surface area contributed by atoms with Gasteiger partial charge in [0, 0.05) is 60.7 Å². The first-order chi connectivity index (χ1) is 17.5. The number of ether oxygens (including phenoxy) is 2. The van der Waals surface area contributed by atoms with Crippen molar-refractivity contribution in [3.05, 3.63) is 51.7 Å². The molecule has 3 heterocycles. The Kier molecular flexibility index (Phi) is 9.36. The fraction of sp³-hybridized carbons (Fsp3) is 0.556. The largest absolute Gasteiger partial charge is 0.497 e. The van der Waals surface area contributed by atoms with E-state index in [1.165, 1.54) is 9.75 Å². The van der Waals surface area contributed by atoms with Crippen molar-refractivity contribution in [3.63, 3.8) is 0 Å². The standard InChI is InChI=1S/C27H38N4O4S/c1-19-8-9-24(36-19)18-30(17-23-7-4-14-35-23)21-10-13-31(25(16-21)26(32)29-12-11-28)27(33)20-5-3-6-22(15-20)34-2/h3,5-6,8-9,15,21,23,25H,4,7,10-14,16-18,28H2,1-2H3,(H,29,32)/t21?,23?,25-/m1/s1. The normalized spacial score (nSPS) is 22.1. The Balaban J connectivity index is 1.55. The summed E-state index contributed by atoms with van der Waals surface area (Å²) >= 11 is 1.81. The fourth-order valence-electron chi connectivity index (χ4n) is 5.17. The summed E-state index contributed by atoms with van der Waals surface area (Å²) in [5.41, 5.74) is 6.17. The van der Waals surface area contributed by atoms with E-state index in [1.807, 2.05) is 17.4 Å². The van der Waals surface area contributed by atoms with Crippen molar-refractivity contribution in [1.82, 2.24) is 15.1 Å². The van der Waals surface area contributed by atoms with E-state index in [4.69, 9.17) is 15.2 Å². The van der Waals surface area contributed by atoms with Crippen LogP contribution in [0.4, 0.5) is 0 Å². The highest BCUT2D eigenvalue weighted by Gasteiger charge is 2.39. The minimum absolute atomic E-state index is 0.148. The van der Waals surface area contributed by atoms with E-state index in [0.717, 1.165) is 39.0 Å². The number of hydrogen-bond acceptors (Lipinski definition) is 7. The summed E-state index contributed by atoms with van der Waals surface area (Å²) in [5, 5.41) is 2.92. The van der Waals surface area contributed by atoms with Crippen molar-refractivity contribution in [2.24, 2.45) is 5.73 Å². The van der Waals surface area contributed by atoms with Crippen molar-refractivity contribution in [2.45, 2.75) is 57.3 Å². The molecule has 2 aliphatic heterocycles. The molecule has 9 heteroatoms. The van der Waals surface area contributed by atoms with Crippen LogP contribution in [0.5, 0.6) is 5.75 Å². The van der Waals surface area contributed by atoms with Crippen molar-refractivity contribution in [3.8, 4) is 5.75 Å². The summed E-state index contributed by atoms with van der Waals surface area (Å²) in [5.74, 6) is 0.319. The minimum atomic E-state index is -0.564. The number of amides is 2. The summed E-state index contributed by atoms with van der Waals surface area (Å²) in [7, 11) is 1.58. The van der Waals surface area contributed by atoms with Gasteiger partial charge in [-0.3, -0.25) is 14.5 Å². The third-order valence-corrected chi connectivity index (χ3v) is 8.02. The molecule has 2 unspecified atom stereocenters. The van der Waals surface area contributed by atoms with Crippen LogP contribution in [0.2, 0.25) is 0 Å². The summed E-state index contributed by atoms with van der Waals surface area (Å²) in [4.78, 5) is 33.6. The van der Waals surface area contributed by atoms with Crippen LogP contribution in [0.1, 0.15) is 45.8 Å². The van der Waals surface area contributed by atoms with Gasteiger partial charge in [-0.2, -0.15) is 0 Å². The number of carbonyl (C=O) groups excluding carboxylic acids is 2. The van der Waals surface area contributed by atoms with Gasteiger partial charge in [0.05, 0.1) is 13.2 Å². The van der Waals surface area contributed by atoms with Gasteiger partial charge in [0.2, 0.25) is 5.91 Å². The average molecular weight is 515 g/mol. The molecule has 1 aromatic carbocycles. The quantitative estimate of drug-likeness (QED) is 0.506. The lowest BCUT2D eigenvalue weighted by Gasteiger charge is -2.43. The maximum Gasteiger partial charge on any atom is 0.254 e. The van der Waals surface area contributed by atoms with Gasteiger partial charge in [0.25, 0.3) is 5.91 Å². The molecule has 3 N–H and O–H groups in total. The van der Waals surface area contributed by atoms with Gasteiger partial charge in [-0.25, -0.2) is 0 Å². The molecule has 4 rings (SSSR count). The molecule has 2 aliphatic rings. The Morgan fingerprint density at radius 3 is 2.83 bits per heavy atom. The predicted molar refractivity (Wildman–Crippen MR) is 141 cm³/mol. The van der Waals surface area contributed by atoms with E-state index in [0.29, 0.717) is 37.4 Å². The number of carbonyl (C=O) groups is 2. The zero-order valence-electron chi connectivity index (χ0n) is 21.3. The van der Waals surface area contributed by atoms with Crippen LogP contribution >= 0.6 is 11.3 Å². The van der Waals surface area contributed by atoms with Gasteiger partial charge in [0.15, 0.2) is 0 Å². The van der Waals surface area contributed by atoms with E-state index in [2.05, 4.69) is 29.3 Å². The first-order valence-electron chi connectivity index (χ1n) is 12.8. The average Bonchev–Trinajstić information content (AvgIpc) is 3.57. The first kappa shape index (κ1) is 26.6. The third-order valence-electron chi connectivity index (χ3n) is 7.03. The van der Waals surface area contributed by atoms with E-state index in [-0.39, 0.29) is 24.0 Å². The second kappa shape index (κ2) is 12.7. The molecule has 8 nitrogen and oxygen atoms in total. The predicted octanol–water partition coefficient (Wildman–Crippen LogP) is 2.79. The lowest BCUT2D eigenvalue weighted by atomic mass is 9.93. The smallest absolute Gasteiger partial charge is 0.254 e. The van der Waals surface area contributed by atoms with Gasteiger partial charge in [-0.05, 0) is 62.9 Å². The van der Waals surface area contributed by atoms with Gasteiger partial charge in [0.1, 0.15) is 11.8 Å². The second-order valence-corrected chi connectivity index (χ2v) is 11.0. The van der Waals surface area contributed by atoms with E-state index < -0.39 is 6.04 Å². The molecule has 0 radical (unpaired) electrons. The molecule has 0 saturated carbocycles. The van der Waals surface area contributed by atoms with E-state index >= 15 is 0 Å². The van der Waals surface area contributed by atoms with E-state index in [9.17, 15) is 9.59 Å². The van der Waals surface area contributed by atoms with Crippen molar-refractivity contribution in [1.29, 1.82) is 0 Å². The number of rotatable bonds is 10. The van der Waals surface area contributed by atoms with Crippen LogP contribution in [0.3, 0.4) is 0 Å². The molecule has 36 heavy (non-hydrogen) atoms. The highest BCUT2D eigenvalue weighted by atomic mass is 32.1. The number of nitrogens with one attached hydrogen (secondary N) is 1. The molecular weight excluding hydrogens is 476 g/mol. The number of thiophene rings is 1. The lowest BCUT2D eigenvalue weighted by Crippen LogP contribution is -2.58. The Morgan fingerprint density at radius 2 is 2.14 bits per heavy atom. The molecule has 196 valence electrons.